The second-order valence-electron chi connectivity index (χ2n) is 3.82. The fourth-order valence-electron chi connectivity index (χ4n) is 1.55. The maximum atomic E-state index is 8.37. The molecule has 12 heavy (non-hydrogen) atoms. The summed E-state index contributed by atoms with van der Waals surface area (Å²) < 4.78 is 0. The first-order valence-corrected chi connectivity index (χ1v) is 4.83. The lowest BCUT2D eigenvalue weighted by Crippen LogP contribution is -2.31. The van der Waals surface area contributed by atoms with E-state index in [-0.39, 0.29) is 0 Å². The van der Waals surface area contributed by atoms with E-state index in [1.165, 1.54) is 12.8 Å². The second kappa shape index (κ2) is 4.47. The molecule has 1 aliphatic rings. The average Bonchev–Trinajstić information content (AvgIpc) is 2.86. The van der Waals surface area contributed by atoms with Crippen molar-refractivity contribution in [1.29, 1.82) is 5.26 Å². The minimum Gasteiger partial charge on any atom is -0.303 e. The first kappa shape index (κ1) is 9.54. The minimum atomic E-state index is 0.696. The fraction of sp³-hybridized carbons (Fsp3) is 0.900. The van der Waals surface area contributed by atoms with Crippen LogP contribution in [0.4, 0.5) is 0 Å². The molecule has 2 heteroatoms. The number of nitrogens with zero attached hydrogens (tertiary/aromatic N) is 2. The third-order valence-electron chi connectivity index (χ3n) is 2.80. The van der Waals surface area contributed by atoms with Crippen molar-refractivity contribution in [3.05, 3.63) is 0 Å². The molecule has 0 aromatic heterocycles. The summed E-state index contributed by atoms with van der Waals surface area (Å²) in [6.07, 6.45) is 4.53. The van der Waals surface area contributed by atoms with Crippen molar-refractivity contribution < 1.29 is 0 Å². The van der Waals surface area contributed by atoms with E-state index in [0.717, 1.165) is 24.9 Å². The smallest absolute Gasteiger partial charge is 0.0622 e. The Kier molecular flexibility index (Phi) is 3.55. The van der Waals surface area contributed by atoms with Gasteiger partial charge >= 0.3 is 0 Å². The van der Waals surface area contributed by atoms with E-state index >= 15 is 0 Å². The zero-order chi connectivity index (χ0) is 8.97. The molecular formula is C10H18N2. The van der Waals surface area contributed by atoms with Gasteiger partial charge in [0.1, 0.15) is 0 Å². The van der Waals surface area contributed by atoms with E-state index in [4.69, 9.17) is 5.26 Å². The molecule has 1 unspecified atom stereocenters. The van der Waals surface area contributed by atoms with E-state index in [1.807, 2.05) is 0 Å². The Morgan fingerprint density at radius 1 is 1.58 bits per heavy atom. The highest BCUT2D eigenvalue weighted by molar-refractivity contribution is 4.84. The monoisotopic (exact) mass is 166 g/mol. The van der Waals surface area contributed by atoms with Gasteiger partial charge in [-0.15, -0.1) is 0 Å². The summed E-state index contributed by atoms with van der Waals surface area (Å²) in [4.78, 5) is 2.38. The first-order valence-electron chi connectivity index (χ1n) is 4.83. The van der Waals surface area contributed by atoms with Crippen LogP contribution >= 0.6 is 0 Å². The Balaban J connectivity index is 2.09. The molecule has 0 N–H and O–H groups in total. The van der Waals surface area contributed by atoms with Crippen LogP contribution in [-0.4, -0.2) is 24.5 Å². The maximum absolute atomic E-state index is 8.37. The molecule has 0 aromatic rings. The molecule has 1 fully saturated rings. The molecular weight excluding hydrogens is 148 g/mol. The van der Waals surface area contributed by atoms with Crippen LogP contribution in [0.5, 0.6) is 0 Å². The average molecular weight is 166 g/mol. The number of nitriles is 1. The van der Waals surface area contributed by atoms with Gasteiger partial charge in [0.25, 0.3) is 0 Å². The molecule has 1 rings (SSSR count). The summed E-state index contributed by atoms with van der Waals surface area (Å²) in [6, 6.07) is 2.91. The van der Waals surface area contributed by atoms with E-state index in [9.17, 15) is 0 Å². The van der Waals surface area contributed by atoms with Crippen molar-refractivity contribution in [2.45, 2.75) is 38.6 Å². The molecule has 1 atom stereocenters. The van der Waals surface area contributed by atoms with Gasteiger partial charge < -0.3 is 4.90 Å². The van der Waals surface area contributed by atoms with Crippen molar-refractivity contribution in [2.24, 2.45) is 5.92 Å². The zero-order valence-corrected chi connectivity index (χ0v) is 8.08. The highest BCUT2D eigenvalue weighted by Crippen LogP contribution is 2.34. The molecule has 68 valence electrons. The summed E-state index contributed by atoms with van der Waals surface area (Å²) in [5.74, 6) is 0.942. The Morgan fingerprint density at radius 2 is 2.25 bits per heavy atom. The van der Waals surface area contributed by atoms with Crippen molar-refractivity contribution >= 4 is 0 Å². The fourth-order valence-corrected chi connectivity index (χ4v) is 1.55. The number of rotatable bonds is 5. The topological polar surface area (TPSA) is 27.0 Å². The number of hydrogen-bond donors (Lipinski definition) is 0. The maximum Gasteiger partial charge on any atom is 0.0622 e. The molecule has 0 heterocycles. The second-order valence-corrected chi connectivity index (χ2v) is 3.82. The quantitative estimate of drug-likeness (QED) is 0.584. The molecule has 0 aliphatic heterocycles. The van der Waals surface area contributed by atoms with E-state index in [2.05, 4.69) is 24.9 Å². The van der Waals surface area contributed by atoms with Gasteiger partial charge in [0.05, 0.1) is 6.07 Å². The van der Waals surface area contributed by atoms with E-state index < -0.39 is 0 Å². The van der Waals surface area contributed by atoms with Gasteiger partial charge in [-0.25, -0.2) is 0 Å². The highest BCUT2D eigenvalue weighted by atomic mass is 15.1. The van der Waals surface area contributed by atoms with Gasteiger partial charge in [-0.05, 0) is 45.7 Å². The molecule has 0 spiro atoms. The van der Waals surface area contributed by atoms with Crippen LogP contribution in [0.1, 0.15) is 32.6 Å². The summed E-state index contributed by atoms with van der Waals surface area (Å²) in [7, 11) is 2.17. The van der Waals surface area contributed by atoms with Crippen LogP contribution in [0.15, 0.2) is 0 Å². The van der Waals surface area contributed by atoms with Crippen molar-refractivity contribution in [2.75, 3.05) is 13.6 Å². The third-order valence-corrected chi connectivity index (χ3v) is 2.80. The van der Waals surface area contributed by atoms with Gasteiger partial charge in [-0.2, -0.15) is 5.26 Å². The Labute approximate surface area is 75.2 Å². The first-order chi connectivity index (χ1) is 5.75. The lowest BCUT2D eigenvalue weighted by atomic mass is 10.2. The Morgan fingerprint density at radius 3 is 2.75 bits per heavy atom. The Hall–Kier alpha value is -0.550. The van der Waals surface area contributed by atoms with Crippen molar-refractivity contribution in [3.63, 3.8) is 0 Å². The largest absolute Gasteiger partial charge is 0.303 e. The van der Waals surface area contributed by atoms with Crippen LogP contribution < -0.4 is 0 Å². The molecule has 0 amide bonds. The van der Waals surface area contributed by atoms with E-state index in [0.29, 0.717) is 6.42 Å². The van der Waals surface area contributed by atoms with Gasteiger partial charge in [0.15, 0.2) is 0 Å². The molecule has 0 bridgehead atoms. The highest BCUT2D eigenvalue weighted by Gasteiger charge is 2.29. The molecule has 0 saturated heterocycles. The van der Waals surface area contributed by atoms with Crippen LogP contribution in [0.2, 0.25) is 0 Å². The molecule has 0 aromatic carbocycles. The third kappa shape index (κ3) is 2.83. The number of unbranched alkanes of at least 4 members (excludes halogenated alkanes) is 1. The summed E-state index contributed by atoms with van der Waals surface area (Å²) in [5.41, 5.74) is 0. The van der Waals surface area contributed by atoms with Crippen LogP contribution in [0, 0.1) is 17.2 Å². The van der Waals surface area contributed by atoms with Crippen LogP contribution in [0.25, 0.3) is 0 Å². The predicted octanol–water partition coefficient (Wildman–Crippen LogP) is 2.02. The Bertz CT molecular complexity index is 167. The molecule has 0 radical (unpaired) electrons. The number of hydrogen-bond acceptors (Lipinski definition) is 2. The summed E-state index contributed by atoms with van der Waals surface area (Å²) in [5, 5.41) is 8.37. The normalized spacial score (nSPS) is 19.2. The molecule has 1 saturated carbocycles. The van der Waals surface area contributed by atoms with Crippen molar-refractivity contribution in [1.82, 2.24) is 4.90 Å². The lowest BCUT2D eigenvalue weighted by Gasteiger charge is -2.23. The van der Waals surface area contributed by atoms with Gasteiger partial charge in [-0.1, -0.05) is 0 Å². The van der Waals surface area contributed by atoms with Crippen molar-refractivity contribution in [3.8, 4) is 6.07 Å². The summed E-state index contributed by atoms with van der Waals surface area (Å²) in [6.45, 7) is 3.37. The van der Waals surface area contributed by atoms with E-state index in [1.54, 1.807) is 0 Å². The summed E-state index contributed by atoms with van der Waals surface area (Å²) >= 11 is 0. The molecule has 1 aliphatic carbocycles. The predicted molar refractivity (Wildman–Crippen MR) is 49.7 cm³/mol. The van der Waals surface area contributed by atoms with Gasteiger partial charge in [0.2, 0.25) is 0 Å². The zero-order valence-electron chi connectivity index (χ0n) is 8.08. The lowest BCUT2D eigenvalue weighted by molar-refractivity contribution is 0.233. The SMILES string of the molecule is CC(C1CC1)N(C)CCCC#N. The van der Waals surface area contributed by atoms with Gasteiger partial charge in [-0.3, -0.25) is 0 Å². The standard InChI is InChI=1S/C10H18N2/c1-9(10-5-6-10)12(2)8-4-3-7-11/h9-10H,3-6,8H2,1-2H3. The minimum absolute atomic E-state index is 0.696. The van der Waals surface area contributed by atoms with Crippen LogP contribution in [-0.2, 0) is 0 Å². The van der Waals surface area contributed by atoms with Gasteiger partial charge in [0, 0.05) is 12.5 Å². The molecule has 2 nitrogen and oxygen atoms in total. The van der Waals surface area contributed by atoms with Crippen LogP contribution in [0.3, 0.4) is 0 Å².